The van der Waals surface area contributed by atoms with Gasteiger partial charge in [0.15, 0.2) is 0 Å². The van der Waals surface area contributed by atoms with Crippen molar-refractivity contribution in [3.05, 3.63) is 0 Å². The lowest BCUT2D eigenvalue weighted by Crippen LogP contribution is -2.44. The fourth-order valence-electron chi connectivity index (χ4n) is 2.93. The van der Waals surface area contributed by atoms with Crippen molar-refractivity contribution < 1.29 is 14.7 Å². The van der Waals surface area contributed by atoms with Gasteiger partial charge in [-0.1, -0.05) is 0 Å². The Morgan fingerprint density at radius 1 is 1.11 bits per heavy atom. The summed E-state index contributed by atoms with van der Waals surface area (Å²) in [5.41, 5.74) is 0. The maximum absolute atomic E-state index is 12.3. The zero-order valence-corrected chi connectivity index (χ0v) is 10.7. The van der Waals surface area contributed by atoms with E-state index in [0.29, 0.717) is 0 Å². The van der Waals surface area contributed by atoms with Gasteiger partial charge < -0.3 is 15.3 Å². The molecule has 2 aliphatic heterocycles. The lowest BCUT2D eigenvalue weighted by Gasteiger charge is -2.35. The Balaban J connectivity index is 1.78. The largest absolute Gasteiger partial charge is 0.481 e. The van der Waals surface area contributed by atoms with Gasteiger partial charge >= 0.3 is 5.97 Å². The van der Waals surface area contributed by atoms with Crippen LogP contribution in [0, 0.1) is 11.8 Å². The predicted octanol–water partition coefficient (Wildman–Crippen LogP) is 0.699. The van der Waals surface area contributed by atoms with Crippen LogP contribution in [0.15, 0.2) is 0 Å². The summed E-state index contributed by atoms with van der Waals surface area (Å²) in [6, 6.07) is 0. The first kappa shape index (κ1) is 13.3. The van der Waals surface area contributed by atoms with Crippen LogP contribution in [0.5, 0.6) is 0 Å². The molecule has 2 rings (SSSR count). The van der Waals surface area contributed by atoms with Crippen LogP contribution in [0.3, 0.4) is 0 Å². The fraction of sp³-hybridized carbons (Fsp3) is 0.846. The molecule has 2 N–H and O–H groups in total. The number of nitrogens with one attached hydrogen (secondary N) is 1. The van der Waals surface area contributed by atoms with Crippen molar-refractivity contribution in [2.45, 2.75) is 32.1 Å². The molecule has 18 heavy (non-hydrogen) atoms. The van der Waals surface area contributed by atoms with E-state index in [2.05, 4.69) is 5.32 Å². The molecule has 0 aliphatic carbocycles. The van der Waals surface area contributed by atoms with E-state index in [-0.39, 0.29) is 24.2 Å². The highest BCUT2D eigenvalue weighted by atomic mass is 16.4. The van der Waals surface area contributed by atoms with Crippen LogP contribution < -0.4 is 5.32 Å². The minimum Gasteiger partial charge on any atom is -0.481 e. The number of rotatable bonds is 3. The molecule has 102 valence electrons. The van der Waals surface area contributed by atoms with Gasteiger partial charge in [-0.05, 0) is 44.7 Å². The Hall–Kier alpha value is -1.10. The van der Waals surface area contributed by atoms with E-state index in [1.165, 1.54) is 0 Å². The number of nitrogens with zero attached hydrogens (tertiary/aromatic N) is 1. The van der Waals surface area contributed by atoms with Crippen LogP contribution in [0.25, 0.3) is 0 Å². The summed E-state index contributed by atoms with van der Waals surface area (Å²) in [5, 5.41) is 12.0. The third-order valence-electron chi connectivity index (χ3n) is 4.08. The van der Waals surface area contributed by atoms with E-state index < -0.39 is 5.97 Å². The SMILES string of the molecule is O=C(O)CC1CCN(C(=O)C2CCNCC2)CC1. The summed E-state index contributed by atoms with van der Waals surface area (Å²) in [5.74, 6) is -0.00903. The maximum atomic E-state index is 12.3. The number of hydrogen-bond acceptors (Lipinski definition) is 3. The Kier molecular flexibility index (Phi) is 4.58. The molecular weight excluding hydrogens is 232 g/mol. The topological polar surface area (TPSA) is 69.6 Å². The number of carboxylic acid groups (broad SMARTS) is 1. The molecule has 2 aliphatic rings. The van der Waals surface area contributed by atoms with Crippen LogP contribution >= 0.6 is 0 Å². The molecule has 5 heteroatoms. The molecule has 2 heterocycles. The molecule has 2 saturated heterocycles. The molecule has 0 bridgehead atoms. The molecule has 5 nitrogen and oxygen atoms in total. The van der Waals surface area contributed by atoms with Crippen LogP contribution in [-0.4, -0.2) is 48.1 Å². The first-order valence-electron chi connectivity index (χ1n) is 6.88. The summed E-state index contributed by atoms with van der Waals surface area (Å²) < 4.78 is 0. The van der Waals surface area contributed by atoms with Gasteiger partial charge in [-0.25, -0.2) is 0 Å². The fourth-order valence-corrected chi connectivity index (χ4v) is 2.93. The lowest BCUT2D eigenvalue weighted by atomic mass is 9.91. The maximum Gasteiger partial charge on any atom is 0.303 e. The third kappa shape index (κ3) is 3.45. The Bertz CT molecular complexity index is 305. The minimum absolute atomic E-state index is 0.183. The zero-order chi connectivity index (χ0) is 13.0. The molecule has 2 fully saturated rings. The molecule has 0 saturated carbocycles. The van der Waals surface area contributed by atoms with Gasteiger partial charge in [0, 0.05) is 25.4 Å². The molecule has 0 atom stereocenters. The summed E-state index contributed by atoms with van der Waals surface area (Å²) in [7, 11) is 0. The van der Waals surface area contributed by atoms with Gasteiger partial charge in [-0.15, -0.1) is 0 Å². The van der Waals surface area contributed by atoms with E-state index in [0.717, 1.165) is 51.9 Å². The monoisotopic (exact) mass is 254 g/mol. The second kappa shape index (κ2) is 6.18. The van der Waals surface area contributed by atoms with Crippen molar-refractivity contribution in [3.63, 3.8) is 0 Å². The van der Waals surface area contributed by atoms with E-state index in [9.17, 15) is 9.59 Å². The Morgan fingerprint density at radius 3 is 2.28 bits per heavy atom. The average Bonchev–Trinajstić information content (AvgIpc) is 2.39. The summed E-state index contributed by atoms with van der Waals surface area (Å²) in [4.78, 5) is 24.8. The van der Waals surface area contributed by atoms with Crippen molar-refractivity contribution in [1.29, 1.82) is 0 Å². The van der Waals surface area contributed by atoms with Gasteiger partial charge in [0.1, 0.15) is 0 Å². The third-order valence-corrected chi connectivity index (χ3v) is 4.08. The van der Waals surface area contributed by atoms with Gasteiger partial charge in [-0.3, -0.25) is 9.59 Å². The number of carbonyl (C=O) groups is 2. The van der Waals surface area contributed by atoms with Gasteiger partial charge in [0.05, 0.1) is 0 Å². The predicted molar refractivity (Wildman–Crippen MR) is 67.2 cm³/mol. The van der Waals surface area contributed by atoms with Crippen molar-refractivity contribution >= 4 is 11.9 Å². The quantitative estimate of drug-likeness (QED) is 0.778. The number of likely N-dealkylation sites (tertiary alicyclic amines) is 1. The van der Waals surface area contributed by atoms with Crippen LogP contribution in [0.2, 0.25) is 0 Å². The number of hydrogen-bond donors (Lipinski definition) is 2. The number of carboxylic acids is 1. The Morgan fingerprint density at radius 2 is 1.72 bits per heavy atom. The van der Waals surface area contributed by atoms with Crippen molar-refractivity contribution in [2.24, 2.45) is 11.8 Å². The van der Waals surface area contributed by atoms with E-state index >= 15 is 0 Å². The number of carbonyl (C=O) groups excluding carboxylic acids is 1. The number of amides is 1. The van der Waals surface area contributed by atoms with Gasteiger partial charge in [0.25, 0.3) is 0 Å². The molecule has 0 radical (unpaired) electrons. The summed E-state index contributed by atoms with van der Waals surface area (Å²) >= 11 is 0. The van der Waals surface area contributed by atoms with Crippen molar-refractivity contribution in [1.82, 2.24) is 10.2 Å². The number of piperidine rings is 2. The second-order valence-corrected chi connectivity index (χ2v) is 5.39. The molecular formula is C13H22N2O3. The van der Waals surface area contributed by atoms with E-state index in [1.54, 1.807) is 0 Å². The smallest absolute Gasteiger partial charge is 0.303 e. The lowest BCUT2D eigenvalue weighted by molar-refractivity contribution is -0.139. The van der Waals surface area contributed by atoms with Gasteiger partial charge in [-0.2, -0.15) is 0 Å². The highest BCUT2D eigenvalue weighted by Crippen LogP contribution is 2.23. The van der Waals surface area contributed by atoms with Crippen LogP contribution in [0.4, 0.5) is 0 Å². The zero-order valence-electron chi connectivity index (χ0n) is 10.7. The number of aliphatic carboxylic acids is 1. The molecule has 1 amide bonds. The van der Waals surface area contributed by atoms with E-state index in [1.807, 2.05) is 4.90 Å². The molecule has 0 unspecified atom stereocenters. The Labute approximate surface area is 108 Å². The highest BCUT2D eigenvalue weighted by molar-refractivity contribution is 5.79. The second-order valence-electron chi connectivity index (χ2n) is 5.39. The average molecular weight is 254 g/mol. The molecule has 0 aromatic heterocycles. The first-order valence-corrected chi connectivity index (χ1v) is 6.88. The molecule has 0 aromatic carbocycles. The first-order chi connectivity index (χ1) is 8.66. The normalized spacial score (nSPS) is 23.0. The minimum atomic E-state index is -0.724. The highest BCUT2D eigenvalue weighted by Gasteiger charge is 2.29. The summed E-state index contributed by atoms with van der Waals surface area (Å²) in [6.07, 6.45) is 3.79. The van der Waals surface area contributed by atoms with Crippen molar-refractivity contribution in [3.8, 4) is 0 Å². The van der Waals surface area contributed by atoms with Crippen molar-refractivity contribution in [2.75, 3.05) is 26.2 Å². The summed E-state index contributed by atoms with van der Waals surface area (Å²) in [6.45, 7) is 3.35. The molecule has 0 spiro atoms. The standard InChI is InChI=1S/C13H22N2O3/c16-12(17)9-10-3-7-15(8-4-10)13(18)11-1-5-14-6-2-11/h10-11,14H,1-9H2,(H,16,17). The molecule has 0 aromatic rings. The van der Waals surface area contributed by atoms with Gasteiger partial charge in [0.2, 0.25) is 5.91 Å². The van der Waals surface area contributed by atoms with E-state index in [4.69, 9.17) is 5.11 Å². The van der Waals surface area contributed by atoms with Crippen LogP contribution in [-0.2, 0) is 9.59 Å². The van der Waals surface area contributed by atoms with Crippen LogP contribution in [0.1, 0.15) is 32.1 Å².